The van der Waals surface area contributed by atoms with Gasteiger partial charge < -0.3 is 15.0 Å². The molecule has 1 fully saturated rings. The molecule has 0 aliphatic carbocycles. The van der Waals surface area contributed by atoms with Crippen molar-refractivity contribution < 1.29 is 13.9 Å². The zero-order valence-electron chi connectivity index (χ0n) is 17.7. The standard InChI is InChI=1S/C24H23FN4O2S/c1-16-20-14-22(32-24(20)29(27-16)19-8-6-18(25)7-9-19)23(30)26-15-17-4-2-3-5-21(17)28-10-12-31-13-11-28/h2-9,14H,10-13,15H2,1H3,(H,26,30). The summed E-state index contributed by atoms with van der Waals surface area (Å²) in [5.74, 6) is -0.412. The van der Waals surface area contributed by atoms with E-state index < -0.39 is 0 Å². The molecule has 4 aromatic rings. The highest BCUT2D eigenvalue weighted by Gasteiger charge is 2.19. The van der Waals surface area contributed by atoms with Crippen LogP contribution in [0.4, 0.5) is 10.1 Å². The minimum atomic E-state index is -0.294. The van der Waals surface area contributed by atoms with Crippen LogP contribution in [0.25, 0.3) is 15.9 Å². The Morgan fingerprint density at radius 1 is 1.16 bits per heavy atom. The van der Waals surface area contributed by atoms with Gasteiger partial charge in [0.2, 0.25) is 0 Å². The second kappa shape index (κ2) is 8.72. The largest absolute Gasteiger partial charge is 0.378 e. The van der Waals surface area contributed by atoms with Gasteiger partial charge in [-0.3, -0.25) is 4.79 Å². The van der Waals surface area contributed by atoms with Gasteiger partial charge in [0.05, 0.1) is 29.5 Å². The molecule has 0 spiro atoms. The van der Waals surface area contributed by atoms with E-state index in [4.69, 9.17) is 4.74 Å². The molecule has 2 aromatic carbocycles. The number of carbonyl (C=O) groups is 1. The van der Waals surface area contributed by atoms with Gasteiger partial charge in [-0.05, 0) is 48.9 Å². The van der Waals surface area contributed by atoms with Crippen molar-refractivity contribution in [3.8, 4) is 5.69 Å². The fourth-order valence-electron chi connectivity index (χ4n) is 3.95. The summed E-state index contributed by atoms with van der Waals surface area (Å²) in [6, 6.07) is 16.2. The van der Waals surface area contributed by atoms with Crippen LogP contribution in [-0.2, 0) is 11.3 Å². The summed E-state index contributed by atoms with van der Waals surface area (Å²) in [7, 11) is 0. The molecule has 6 nitrogen and oxygen atoms in total. The third-order valence-electron chi connectivity index (χ3n) is 5.62. The van der Waals surface area contributed by atoms with Crippen LogP contribution < -0.4 is 10.2 Å². The van der Waals surface area contributed by atoms with Crippen LogP contribution in [0, 0.1) is 12.7 Å². The first-order valence-corrected chi connectivity index (χ1v) is 11.4. The number of hydrogen-bond donors (Lipinski definition) is 1. The quantitative estimate of drug-likeness (QED) is 0.493. The van der Waals surface area contributed by atoms with Crippen molar-refractivity contribution in [3.63, 3.8) is 0 Å². The number of ether oxygens (including phenoxy) is 1. The number of fused-ring (bicyclic) bond motifs is 1. The molecule has 1 saturated heterocycles. The Bertz CT molecular complexity index is 1260. The van der Waals surface area contributed by atoms with Crippen molar-refractivity contribution in [3.05, 3.63) is 76.5 Å². The normalized spacial score (nSPS) is 14.1. The molecule has 0 saturated carbocycles. The van der Waals surface area contributed by atoms with E-state index in [0.717, 1.165) is 45.9 Å². The SMILES string of the molecule is Cc1nn(-c2ccc(F)cc2)c2sc(C(=O)NCc3ccccc3N3CCOCC3)cc12. The molecule has 164 valence electrons. The zero-order valence-corrected chi connectivity index (χ0v) is 18.5. The molecule has 32 heavy (non-hydrogen) atoms. The third-order valence-corrected chi connectivity index (χ3v) is 6.73. The van der Waals surface area contributed by atoms with E-state index in [9.17, 15) is 9.18 Å². The molecule has 0 unspecified atom stereocenters. The van der Waals surface area contributed by atoms with Crippen molar-refractivity contribution in [2.24, 2.45) is 0 Å². The second-order valence-electron chi connectivity index (χ2n) is 7.71. The van der Waals surface area contributed by atoms with Gasteiger partial charge in [0.15, 0.2) is 0 Å². The van der Waals surface area contributed by atoms with Gasteiger partial charge in [0, 0.05) is 30.7 Å². The fourth-order valence-corrected chi connectivity index (χ4v) is 5.05. The van der Waals surface area contributed by atoms with Crippen LogP contribution in [0.1, 0.15) is 20.9 Å². The van der Waals surface area contributed by atoms with E-state index >= 15 is 0 Å². The van der Waals surface area contributed by atoms with Crippen LogP contribution in [-0.4, -0.2) is 42.0 Å². The number of morpholine rings is 1. The second-order valence-corrected chi connectivity index (χ2v) is 8.74. The van der Waals surface area contributed by atoms with E-state index in [1.165, 1.54) is 23.5 Å². The van der Waals surface area contributed by atoms with E-state index in [-0.39, 0.29) is 11.7 Å². The fraction of sp³-hybridized carbons (Fsp3) is 0.250. The average molecular weight is 451 g/mol. The minimum absolute atomic E-state index is 0.118. The highest BCUT2D eigenvalue weighted by atomic mass is 32.1. The molecular formula is C24H23FN4O2S. The summed E-state index contributed by atoms with van der Waals surface area (Å²) in [4.78, 5) is 16.8. The molecule has 1 amide bonds. The number of halogens is 1. The molecule has 1 aliphatic heterocycles. The Hall–Kier alpha value is -3.23. The molecule has 0 bridgehead atoms. The average Bonchev–Trinajstić information content (AvgIpc) is 3.40. The summed E-state index contributed by atoms with van der Waals surface area (Å²) < 4.78 is 20.5. The van der Waals surface area contributed by atoms with Gasteiger partial charge in [-0.25, -0.2) is 9.07 Å². The predicted molar refractivity (Wildman–Crippen MR) is 124 cm³/mol. The number of hydrogen-bond acceptors (Lipinski definition) is 5. The monoisotopic (exact) mass is 450 g/mol. The minimum Gasteiger partial charge on any atom is -0.378 e. The van der Waals surface area contributed by atoms with Gasteiger partial charge >= 0.3 is 0 Å². The summed E-state index contributed by atoms with van der Waals surface area (Å²) in [6.07, 6.45) is 0. The number of anilines is 1. The summed E-state index contributed by atoms with van der Waals surface area (Å²) >= 11 is 1.39. The van der Waals surface area contributed by atoms with Crippen LogP contribution in [0.2, 0.25) is 0 Å². The van der Waals surface area contributed by atoms with Crippen molar-refractivity contribution >= 4 is 33.1 Å². The summed E-state index contributed by atoms with van der Waals surface area (Å²) in [6.45, 7) is 5.49. The van der Waals surface area contributed by atoms with Crippen molar-refractivity contribution in [2.75, 3.05) is 31.2 Å². The van der Waals surface area contributed by atoms with Crippen LogP contribution >= 0.6 is 11.3 Å². The smallest absolute Gasteiger partial charge is 0.261 e. The topological polar surface area (TPSA) is 59.4 Å². The van der Waals surface area contributed by atoms with Crippen molar-refractivity contribution in [1.82, 2.24) is 15.1 Å². The van der Waals surface area contributed by atoms with Gasteiger partial charge in [0.25, 0.3) is 5.91 Å². The van der Waals surface area contributed by atoms with Gasteiger partial charge in [0.1, 0.15) is 10.6 Å². The predicted octanol–water partition coefficient (Wildman–Crippen LogP) is 4.30. The van der Waals surface area contributed by atoms with Crippen molar-refractivity contribution in [2.45, 2.75) is 13.5 Å². The number of rotatable bonds is 5. The maximum absolute atomic E-state index is 13.3. The summed E-state index contributed by atoms with van der Waals surface area (Å²) in [5.41, 5.74) is 3.81. The Balaban J connectivity index is 1.36. The van der Waals surface area contributed by atoms with Gasteiger partial charge in [-0.15, -0.1) is 11.3 Å². The Labute approximate surface area is 189 Å². The molecule has 0 atom stereocenters. The number of nitrogens with one attached hydrogen (secondary N) is 1. The van der Waals surface area contributed by atoms with Crippen LogP contribution in [0.15, 0.2) is 54.6 Å². The molecule has 0 radical (unpaired) electrons. The number of thiophene rings is 1. The first kappa shape index (κ1) is 20.7. The Kier molecular flexibility index (Phi) is 5.63. The summed E-state index contributed by atoms with van der Waals surface area (Å²) in [5, 5.41) is 8.56. The van der Waals surface area contributed by atoms with E-state index in [1.54, 1.807) is 16.8 Å². The molecule has 1 N–H and O–H groups in total. The number of amides is 1. The van der Waals surface area contributed by atoms with Crippen LogP contribution in [0.3, 0.4) is 0 Å². The first-order valence-electron chi connectivity index (χ1n) is 10.5. The number of para-hydroxylation sites is 1. The number of carbonyl (C=O) groups excluding carboxylic acids is 1. The Morgan fingerprint density at radius 2 is 1.91 bits per heavy atom. The number of nitrogens with zero attached hydrogens (tertiary/aromatic N) is 3. The Morgan fingerprint density at radius 3 is 2.69 bits per heavy atom. The lowest BCUT2D eigenvalue weighted by atomic mass is 10.1. The number of aromatic nitrogens is 2. The zero-order chi connectivity index (χ0) is 22.1. The molecular weight excluding hydrogens is 427 g/mol. The van der Waals surface area contributed by atoms with E-state index in [2.05, 4.69) is 21.4 Å². The maximum atomic E-state index is 13.3. The third kappa shape index (κ3) is 3.99. The van der Waals surface area contributed by atoms with Gasteiger partial charge in [-0.2, -0.15) is 5.10 Å². The lowest BCUT2D eigenvalue weighted by molar-refractivity contribution is 0.0955. The lowest BCUT2D eigenvalue weighted by Gasteiger charge is -2.30. The van der Waals surface area contributed by atoms with Crippen molar-refractivity contribution in [1.29, 1.82) is 0 Å². The van der Waals surface area contributed by atoms with E-state index in [0.29, 0.717) is 24.6 Å². The molecule has 2 aromatic heterocycles. The molecule has 3 heterocycles. The van der Waals surface area contributed by atoms with Gasteiger partial charge in [-0.1, -0.05) is 18.2 Å². The first-order chi connectivity index (χ1) is 15.6. The molecule has 5 rings (SSSR count). The highest BCUT2D eigenvalue weighted by Crippen LogP contribution is 2.30. The van der Waals surface area contributed by atoms with Crippen LogP contribution in [0.5, 0.6) is 0 Å². The maximum Gasteiger partial charge on any atom is 0.261 e. The number of aryl methyl sites for hydroxylation is 1. The molecule has 1 aliphatic rings. The lowest BCUT2D eigenvalue weighted by Crippen LogP contribution is -2.37. The van der Waals surface area contributed by atoms with E-state index in [1.807, 2.05) is 31.2 Å². The molecule has 8 heteroatoms. The number of benzene rings is 2. The highest BCUT2D eigenvalue weighted by molar-refractivity contribution is 7.20.